The predicted molar refractivity (Wildman–Crippen MR) is 145 cm³/mol. The maximum atomic E-state index is 11.3. The number of aromatic amines is 3. The smallest absolute Gasteiger partial charge is 0.303 e. The Morgan fingerprint density at radius 1 is 0.833 bits per heavy atom. The number of carbonyl (C=O) groups is 1. The molecule has 0 aromatic carbocycles. The number of aliphatic carboxylic acids is 1. The summed E-state index contributed by atoms with van der Waals surface area (Å²) < 4.78 is 6.48. The monoisotopic (exact) mass is 490 g/mol. The average Bonchev–Trinajstić information content (AvgIpc) is 3.42. The van der Waals surface area contributed by atoms with Crippen LogP contribution in [0.4, 0.5) is 0 Å². The molecule has 7 heteroatoms. The zero-order valence-electron chi connectivity index (χ0n) is 22.2. The number of nitrogens with one attached hydrogen (secondary N) is 4. The van der Waals surface area contributed by atoms with Crippen LogP contribution in [0.5, 0.6) is 11.8 Å². The number of allylic oxidation sites excluding steroid dienone is 1. The Bertz CT molecular complexity index is 1430. The fraction of sp³-hybridized carbons (Fsp3) is 0.414. The van der Waals surface area contributed by atoms with Crippen LogP contribution in [0, 0.1) is 20.8 Å². The molecule has 4 heterocycles. The molecule has 0 spiro atoms. The zero-order chi connectivity index (χ0) is 26.0. The number of carboxylic acids is 1. The van der Waals surface area contributed by atoms with Gasteiger partial charge in [0.15, 0.2) is 0 Å². The van der Waals surface area contributed by atoms with E-state index >= 15 is 0 Å². The quantitative estimate of drug-likeness (QED) is 0.351. The van der Waals surface area contributed by atoms with Gasteiger partial charge in [-0.1, -0.05) is 20.8 Å². The molecule has 0 atom stereocenters. The van der Waals surface area contributed by atoms with Crippen LogP contribution in [0.2, 0.25) is 0 Å². The molecule has 7 nitrogen and oxygen atoms in total. The molecule has 5 N–H and O–H groups in total. The lowest BCUT2D eigenvalue weighted by Gasteiger charge is -2.07. The first-order valence-corrected chi connectivity index (χ1v) is 12.9. The molecule has 0 saturated carbocycles. The van der Waals surface area contributed by atoms with Gasteiger partial charge in [0.1, 0.15) is 0 Å². The van der Waals surface area contributed by atoms with E-state index < -0.39 is 5.97 Å². The topological polar surface area (TPSA) is 106 Å². The number of carboxylic acid groups (broad SMARTS) is 1. The van der Waals surface area contributed by atoms with E-state index in [2.05, 4.69) is 80.0 Å². The van der Waals surface area contributed by atoms with Crippen LogP contribution >= 0.6 is 0 Å². The van der Waals surface area contributed by atoms with Crippen LogP contribution in [0.25, 0.3) is 18.2 Å². The van der Waals surface area contributed by atoms with E-state index in [1.165, 1.54) is 16.7 Å². The van der Waals surface area contributed by atoms with E-state index in [1.807, 2.05) is 0 Å². The number of aromatic nitrogens is 3. The Morgan fingerprint density at radius 2 is 1.56 bits per heavy atom. The minimum atomic E-state index is -0.790. The fourth-order valence-corrected chi connectivity index (χ4v) is 5.13. The summed E-state index contributed by atoms with van der Waals surface area (Å²) in [4.78, 5) is 21.9. The summed E-state index contributed by atoms with van der Waals surface area (Å²) in [5.74, 6) is 0.734. The van der Waals surface area contributed by atoms with Gasteiger partial charge in [-0.3, -0.25) is 4.79 Å². The van der Waals surface area contributed by atoms with Gasteiger partial charge in [0.2, 0.25) is 11.8 Å². The molecule has 4 rings (SSSR count). The van der Waals surface area contributed by atoms with Gasteiger partial charge in [0.05, 0.1) is 0 Å². The van der Waals surface area contributed by atoms with Crippen LogP contribution in [-0.2, 0) is 24.1 Å². The highest BCUT2D eigenvalue weighted by Crippen LogP contribution is 2.34. The summed E-state index contributed by atoms with van der Waals surface area (Å²) >= 11 is 0. The van der Waals surface area contributed by atoms with Crippen molar-refractivity contribution in [3.8, 4) is 11.8 Å². The lowest BCUT2D eigenvalue weighted by atomic mass is 10.1. The second-order valence-electron chi connectivity index (χ2n) is 9.45. The third kappa shape index (κ3) is 4.87. The lowest BCUT2D eigenvalue weighted by Crippen LogP contribution is -2.19. The number of hydrogen-bond acceptors (Lipinski definition) is 3. The van der Waals surface area contributed by atoms with E-state index in [1.54, 1.807) is 0 Å². The molecule has 1 aliphatic heterocycles. The van der Waals surface area contributed by atoms with Crippen LogP contribution in [-0.4, -0.2) is 32.6 Å². The normalized spacial score (nSPS) is 16.7. The Kier molecular flexibility index (Phi) is 7.48. The van der Waals surface area contributed by atoms with Crippen molar-refractivity contribution in [1.82, 2.24) is 20.3 Å². The molecule has 1 aliphatic rings. The molecule has 6 bridgehead atoms. The molecule has 0 unspecified atom stereocenters. The summed E-state index contributed by atoms with van der Waals surface area (Å²) in [5, 5.41) is 14.8. The molecular weight excluding hydrogens is 452 g/mol. The van der Waals surface area contributed by atoms with Crippen molar-refractivity contribution in [1.29, 1.82) is 0 Å². The highest BCUT2D eigenvalue weighted by Gasteiger charge is 2.19. The Labute approximate surface area is 212 Å². The summed E-state index contributed by atoms with van der Waals surface area (Å²) in [6.45, 7) is 13.4. The van der Waals surface area contributed by atoms with Crippen molar-refractivity contribution >= 4 is 24.2 Å². The summed E-state index contributed by atoms with van der Waals surface area (Å²) in [6, 6.07) is 0. The van der Waals surface area contributed by atoms with Crippen molar-refractivity contribution in [3.63, 3.8) is 0 Å². The number of rotatable bonds is 6. The number of hydrogen-bond donors (Lipinski definition) is 5. The van der Waals surface area contributed by atoms with Crippen LogP contribution in [0.3, 0.4) is 0 Å². The first-order valence-electron chi connectivity index (χ1n) is 12.9. The van der Waals surface area contributed by atoms with Gasteiger partial charge in [0.25, 0.3) is 0 Å². The van der Waals surface area contributed by atoms with Crippen molar-refractivity contribution in [2.75, 3.05) is 6.54 Å². The van der Waals surface area contributed by atoms with Crippen molar-refractivity contribution < 1.29 is 14.6 Å². The van der Waals surface area contributed by atoms with E-state index in [0.717, 1.165) is 75.5 Å². The lowest BCUT2D eigenvalue weighted by molar-refractivity contribution is -0.136. The van der Waals surface area contributed by atoms with Crippen LogP contribution in [0.1, 0.15) is 78.4 Å². The van der Waals surface area contributed by atoms with Gasteiger partial charge < -0.3 is 30.1 Å². The second kappa shape index (κ2) is 10.6. The maximum absolute atomic E-state index is 11.3. The minimum Gasteiger partial charge on any atom is -0.481 e. The Balaban J connectivity index is 1.95. The standard InChI is InChI=1S/C29H38N4O3/c1-7-19-14-24-16(4)21(9-3)29(32-24)36-28-18(6)20(8-2)26(33-28)15-25-17(5)22(10-11-27(34)35)23(31-25)12-13-30-19/h12,14-15,30-33H,7-11,13H2,1-6H3,(H,34,35)/b19-14-,23-12-,25-15-. The molecule has 192 valence electrons. The van der Waals surface area contributed by atoms with E-state index in [9.17, 15) is 9.90 Å². The van der Waals surface area contributed by atoms with E-state index in [-0.39, 0.29) is 6.42 Å². The fourth-order valence-electron chi connectivity index (χ4n) is 5.13. The first-order chi connectivity index (χ1) is 17.3. The van der Waals surface area contributed by atoms with Gasteiger partial charge in [-0.05, 0) is 86.9 Å². The Morgan fingerprint density at radius 3 is 2.22 bits per heavy atom. The largest absolute Gasteiger partial charge is 0.481 e. The van der Waals surface area contributed by atoms with Gasteiger partial charge in [0, 0.05) is 51.9 Å². The van der Waals surface area contributed by atoms with Crippen molar-refractivity contribution in [2.24, 2.45) is 0 Å². The van der Waals surface area contributed by atoms with Crippen LogP contribution < -0.4 is 20.8 Å². The predicted octanol–water partition coefficient (Wildman–Crippen LogP) is 4.49. The Hall–Kier alpha value is -3.61. The zero-order valence-corrected chi connectivity index (χ0v) is 22.2. The average molecular weight is 491 g/mol. The molecule has 0 amide bonds. The summed E-state index contributed by atoms with van der Waals surface area (Å²) in [6.07, 6.45) is 9.58. The van der Waals surface area contributed by atoms with Crippen molar-refractivity contribution in [2.45, 2.75) is 73.6 Å². The SMILES string of the molecule is CC/C1=C/c2[nH]c(c(CC)c2C)Oc2[nH]c(c(CC)c2C)/C=c2\[nH]/c(c(CCC(=O)O)c2C)=C\CN1. The first kappa shape index (κ1) is 25.5. The van der Waals surface area contributed by atoms with Gasteiger partial charge in [-0.25, -0.2) is 0 Å². The molecule has 0 radical (unpaired) electrons. The summed E-state index contributed by atoms with van der Waals surface area (Å²) in [7, 11) is 0. The molecule has 0 aliphatic carbocycles. The van der Waals surface area contributed by atoms with Gasteiger partial charge >= 0.3 is 5.97 Å². The van der Waals surface area contributed by atoms with Gasteiger partial charge in [-0.2, -0.15) is 0 Å². The molecule has 0 fully saturated rings. The molecule has 3 aromatic heterocycles. The molecular formula is C29H38N4O3. The third-order valence-electron chi connectivity index (χ3n) is 7.32. The second-order valence-corrected chi connectivity index (χ2v) is 9.45. The third-order valence-corrected chi connectivity index (χ3v) is 7.32. The molecule has 3 aromatic rings. The highest BCUT2D eigenvalue weighted by molar-refractivity contribution is 5.67. The van der Waals surface area contributed by atoms with Gasteiger partial charge in [-0.15, -0.1) is 0 Å². The number of ether oxygens (including phenoxy) is 1. The maximum Gasteiger partial charge on any atom is 0.303 e. The number of fused-ring (bicyclic) bond motifs is 6. The van der Waals surface area contributed by atoms with E-state index in [0.29, 0.717) is 13.0 Å². The minimum absolute atomic E-state index is 0.0975. The van der Waals surface area contributed by atoms with Crippen molar-refractivity contribution in [3.05, 3.63) is 61.2 Å². The molecule has 0 saturated heterocycles. The highest BCUT2D eigenvalue weighted by atomic mass is 16.5. The number of H-pyrrole nitrogens is 3. The van der Waals surface area contributed by atoms with Crippen LogP contribution in [0.15, 0.2) is 5.70 Å². The summed E-state index contributed by atoms with van der Waals surface area (Å²) in [5.41, 5.74) is 9.97. The molecule has 36 heavy (non-hydrogen) atoms. The van der Waals surface area contributed by atoms with E-state index in [4.69, 9.17) is 4.74 Å².